The van der Waals surface area contributed by atoms with Gasteiger partial charge in [0.15, 0.2) is 6.10 Å². The van der Waals surface area contributed by atoms with Gasteiger partial charge in [-0.1, -0.05) is 36.4 Å². The van der Waals surface area contributed by atoms with Crippen LogP contribution in [0.25, 0.3) is 22.0 Å². The van der Waals surface area contributed by atoms with E-state index in [4.69, 9.17) is 4.74 Å². The molecule has 0 fully saturated rings. The molecule has 122 valence electrons. The number of aromatic amines is 1. The van der Waals surface area contributed by atoms with E-state index in [1.54, 1.807) is 13.0 Å². The first-order chi connectivity index (χ1) is 11.6. The summed E-state index contributed by atoms with van der Waals surface area (Å²) in [6, 6.07) is 16.9. The molecule has 24 heavy (non-hydrogen) atoms. The normalized spacial score (nSPS) is 12.1. The fraction of sp³-hybridized carbons (Fsp3) is 0.158. The second kappa shape index (κ2) is 6.68. The van der Waals surface area contributed by atoms with Gasteiger partial charge in [-0.2, -0.15) is 0 Å². The lowest BCUT2D eigenvalue weighted by molar-refractivity contribution is -0.153. The zero-order valence-electron chi connectivity index (χ0n) is 13.2. The van der Waals surface area contributed by atoms with Crippen molar-refractivity contribution in [2.45, 2.75) is 13.0 Å². The number of carbonyl (C=O) groups excluding carboxylic acids is 1. The SMILES string of the molecule is CCOC(=O)C(O)c1ccc(-c2ccc3ccccc3c2)[nH]c1=O. The predicted octanol–water partition coefficient (Wildman–Crippen LogP) is 2.79. The molecule has 0 aliphatic rings. The summed E-state index contributed by atoms with van der Waals surface area (Å²) >= 11 is 0. The number of rotatable bonds is 4. The average Bonchev–Trinajstić information content (AvgIpc) is 2.61. The first-order valence-electron chi connectivity index (χ1n) is 7.67. The van der Waals surface area contributed by atoms with Crippen molar-refractivity contribution in [3.8, 4) is 11.3 Å². The highest BCUT2D eigenvalue weighted by molar-refractivity contribution is 5.86. The standard InChI is InChI=1S/C19H17NO4/c1-2-24-19(23)17(21)15-9-10-16(20-18(15)22)14-8-7-12-5-3-4-6-13(12)11-14/h3-11,17,21H,2H2,1H3,(H,20,22). The van der Waals surface area contributed by atoms with Crippen molar-refractivity contribution in [1.82, 2.24) is 4.98 Å². The number of fused-ring (bicyclic) bond motifs is 1. The summed E-state index contributed by atoms with van der Waals surface area (Å²) in [5, 5.41) is 12.1. The Bertz CT molecular complexity index is 945. The highest BCUT2D eigenvalue weighted by Gasteiger charge is 2.21. The molecule has 0 radical (unpaired) electrons. The molecule has 0 amide bonds. The monoisotopic (exact) mass is 323 g/mol. The molecule has 0 spiro atoms. The van der Waals surface area contributed by atoms with Gasteiger partial charge in [-0.15, -0.1) is 0 Å². The molecule has 0 bridgehead atoms. The maximum atomic E-state index is 12.2. The summed E-state index contributed by atoms with van der Waals surface area (Å²) in [6.45, 7) is 1.78. The average molecular weight is 323 g/mol. The minimum Gasteiger partial charge on any atom is -0.464 e. The van der Waals surface area contributed by atoms with Crippen molar-refractivity contribution in [1.29, 1.82) is 0 Å². The van der Waals surface area contributed by atoms with Crippen LogP contribution in [0.5, 0.6) is 0 Å². The molecule has 0 saturated carbocycles. The second-order valence-electron chi connectivity index (χ2n) is 5.37. The number of hydrogen-bond donors (Lipinski definition) is 2. The van der Waals surface area contributed by atoms with Crippen LogP contribution < -0.4 is 5.56 Å². The first-order valence-corrected chi connectivity index (χ1v) is 7.67. The van der Waals surface area contributed by atoms with E-state index < -0.39 is 17.6 Å². The van der Waals surface area contributed by atoms with Crippen LogP contribution in [0, 0.1) is 0 Å². The molecule has 1 atom stereocenters. The summed E-state index contributed by atoms with van der Waals surface area (Å²) in [6.07, 6.45) is -1.58. The van der Waals surface area contributed by atoms with Gasteiger partial charge in [-0.25, -0.2) is 4.79 Å². The number of esters is 1. The number of nitrogens with one attached hydrogen (secondary N) is 1. The third-order valence-electron chi connectivity index (χ3n) is 3.80. The molecule has 5 nitrogen and oxygen atoms in total. The molecular weight excluding hydrogens is 306 g/mol. The zero-order chi connectivity index (χ0) is 17.1. The van der Waals surface area contributed by atoms with E-state index in [1.165, 1.54) is 6.07 Å². The minimum absolute atomic E-state index is 0.0296. The number of pyridine rings is 1. The largest absolute Gasteiger partial charge is 0.464 e. The Hall–Kier alpha value is -2.92. The van der Waals surface area contributed by atoms with E-state index >= 15 is 0 Å². The fourth-order valence-electron chi connectivity index (χ4n) is 2.57. The predicted molar refractivity (Wildman–Crippen MR) is 91.6 cm³/mol. The van der Waals surface area contributed by atoms with Crippen molar-refractivity contribution >= 4 is 16.7 Å². The first kappa shape index (κ1) is 16.0. The van der Waals surface area contributed by atoms with Crippen LogP contribution in [0.3, 0.4) is 0 Å². The van der Waals surface area contributed by atoms with Crippen molar-refractivity contribution in [3.63, 3.8) is 0 Å². The molecule has 0 saturated heterocycles. The number of carbonyl (C=O) groups is 1. The third-order valence-corrected chi connectivity index (χ3v) is 3.80. The van der Waals surface area contributed by atoms with Crippen LogP contribution in [0.4, 0.5) is 0 Å². The molecule has 2 N–H and O–H groups in total. The number of aromatic nitrogens is 1. The Morgan fingerprint density at radius 1 is 1.12 bits per heavy atom. The Morgan fingerprint density at radius 2 is 1.88 bits per heavy atom. The van der Waals surface area contributed by atoms with Gasteiger partial charge in [0.25, 0.3) is 5.56 Å². The number of aliphatic hydroxyl groups excluding tert-OH is 1. The van der Waals surface area contributed by atoms with Crippen molar-refractivity contribution < 1.29 is 14.6 Å². The summed E-state index contributed by atoms with van der Waals surface area (Å²) in [4.78, 5) is 26.5. The highest BCUT2D eigenvalue weighted by atomic mass is 16.5. The Kier molecular flexibility index (Phi) is 4.44. The molecule has 3 aromatic rings. The zero-order valence-corrected chi connectivity index (χ0v) is 13.2. The van der Waals surface area contributed by atoms with Gasteiger partial charge in [0.05, 0.1) is 12.2 Å². The van der Waals surface area contributed by atoms with Crippen LogP contribution in [0.15, 0.2) is 59.4 Å². The molecule has 1 heterocycles. The van der Waals surface area contributed by atoms with E-state index in [0.717, 1.165) is 16.3 Å². The lowest BCUT2D eigenvalue weighted by Gasteiger charge is -2.10. The quantitative estimate of drug-likeness (QED) is 0.724. The van der Waals surface area contributed by atoms with Gasteiger partial charge in [0, 0.05) is 5.69 Å². The Labute approximate surface area is 138 Å². The Morgan fingerprint density at radius 3 is 2.58 bits per heavy atom. The van der Waals surface area contributed by atoms with Gasteiger partial charge in [-0.05, 0) is 41.5 Å². The van der Waals surface area contributed by atoms with Crippen LogP contribution in [-0.2, 0) is 9.53 Å². The summed E-state index contributed by atoms with van der Waals surface area (Å²) < 4.78 is 4.73. The third kappa shape index (κ3) is 3.07. The maximum Gasteiger partial charge on any atom is 0.339 e. The van der Waals surface area contributed by atoms with Crippen LogP contribution in [0.1, 0.15) is 18.6 Å². The fourth-order valence-corrected chi connectivity index (χ4v) is 2.57. The molecular formula is C19H17NO4. The van der Waals surface area contributed by atoms with E-state index in [1.807, 2.05) is 42.5 Å². The summed E-state index contributed by atoms with van der Waals surface area (Å²) in [7, 11) is 0. The summed E-state index contributed by atoms with van der Waals surface area (Å²) in [5.41, 5.74) is 0.924. The molecule has 5 heteroatoms. The van der Waals surface area contributed by atoms with E-state index in [-0.39, 0.29) is 12.2 Å². The van der Waals surface area contributed by atoms with Gasteiger partial charge in [0.1, 0.15) is 0 Å². The summed E-state index contributed by atoms with van der Waals surface area (Å²) in [5.74, 6) is -0.832. The molecule has 0 aliphatic carbocycles. The maximum absolute atomic E-state index is 12.2. The van der Waals surface area contributed by atoms with Crippen molar-refractivity contribution in [2.24, 2.45) is 0 Å². The van der Waals surface area contributed by atoms with Crippen LogP contribution in [-0.4, -0.2) is 22.7 Å². The lowest BCUT2D eigenvalue weighted by atomic mass is 10.0. The number of benzene rings is 2. The van der Waals surface area contributed by atoms with Gasteiger partial charge in [0.2, 0.25) is 0 Å². The van der Waals surface area contributed by atoms with E-state index in [9.17, 15) is 14.7 Å². The number of H-pyrrole nitrogens is 1. The number of ether oxygens (including phenoxy) is 1. The molecule has 3 rings (SSSR count). The highest BCUT2D eigenvalue weighted by Crippen LogP contribution is 2.23. The topological polar surface area (TPSA) is 79.4 Å². The van der Waals surface area contributed by atoms with Crippen LogP contribution >= 0.6 is 0 Å². The second-order valence-corrected chi connectivity index (χ2v) is 5.37. The van der Waals surface area contributed by atoms with Crippen molar-refractivity contribution in [2.75, 3.05) is 6.61 Å². The molecule has 2 aromatic carbocycles. The molecule has 1 aromatic heterocycles. The Balaban J connectivity index is 1.96. The van der Waals surface area contributed by atoms with Gasteiger partial charge in [-0.3, -0.25) is 4.79 Å². The smallest absolute Gasteiger partial charge is 0.339 e. The van der Waals surface area contributed by atoms with E-state index in [0.29, 0.717) is 5.69 Å². The number of aliphatic hydroxyl groups is 1. The van der Waals surface area contributed by atoms with Crippen molar-refractivity contribution in [3.05, 3.63) is 70.5 Å². The molecule has 0 aliphatic heterocycles. The number of hydrogen-bond acceptors (Lipinski definition) is 4. The van der Waals surface area contributed by atoms with Gasteiger partial charge < -0.3 is 14.8 Å². The van der Waals surface area contributed by atoms with Crippen LogP contribution in [0.2, 0.25) is 0 Å². The lowest BCUT2D eigenvalue weighted by Crippen LogP contribution is -2.23. The van der Waals surface area contributed by atoms with Gasteiger partial charge >= 0.3 is 5.97 Å². The molecule has 1 unspecified atom stereocenters. The minimum atomic E-state index is -1.58. The van der Waals surface area contributed by atoms with E-state index in [2.05, 4.69) is 4.98 Å².